The van der Waals surface area contributed by atoms with E-state index in [-0.39, 0.29) is 12.3 Å². The number of rotatable bonds is 7. The van der Waals surface area contributed by atoms with Crippen molar-refractivity contribution in [1.82, 2.24) is 4.90 Å². The van der Waals surface area contributed by atoms with Crippen molar-refractivity contribution in [3.05, 3.63) is 65.7 Å². The van der Waals surface area contributed by atoms with Crippen molar-refractivity contribution in [1.29, 1.82) is 0 Å². The van der Waals surface area contributed by atoms with E-state index in [0.717, 1.165) is 12.0 Å². The van der Waals surface area contributed by atoms with Gasteiger partial charge in [0.15, 0.2) is 6.10 Å². The maximum absolute atomic E-state index is 12.5. The number of anilines is 1. The third kappa shape index (κ3) is 5.44. The lowest BCUT2D eigenvalue weighted by Gasteiger charge is -2.18. The fourth-order valence-electron chi connectivity index (χ4n) is 3.28. The molecule has 2 amide bonds. The van der Waals surface area contributed by atoms with E-state index in [1.54, 1.807) is 4.90 Å². The number of aryl methyl sites for hydroxylation is 1. The minimum atomic E-state index is -0.938. The van der Waals surface area contributed by atoms with E-state index in [1.807, 2.05) is 54.6 Å². The molecule has 1 saturated heterocycles. The smallest absolute Gasteiger partial charge is 0.312 e. The third-order valence-corrected chi connectivity index (χ3v) is 5.06. The predicted octanol–water partition coefficient (Wildman–Crippen LogP) is 3.17. The van der Waals surface area contributed by atoms with Gasteiger partial charge in [-0.1, -0.05) is 49.4 Å². The van der Waals surface area contributed by atoms with E-state index in [2.05, 4.69) is 12.2 Å². The highest BCUT2D eigenvalue weighted by Crippen LogP contribution is 2.22. The second-order valence-corrected chi connectivity index (χ2v) is 7.28. The molecule has 2 aromatic carbocycles. The van der Waals surface area contributed by atoms with Gasteiger partial charge in [0.25, 0.3) is 5.91 Å². The van der Waals surface area contributed by atoms with Gasteiger partial charge < -0.3 is 15.0 Å². The first-order valence-electron chi connectivity index (χ1n) is 9.88. The van der Waals surface area contributed by atoms with Crippen LogP contribution in [0, 0.1) is 5.92 Å². The Bertz CT molecular complexity index is 864. The van der Waals surface area contributed by atoms with E-state index in [4.69, 9.17) is 4.74 Å². The average molecular weight is 394 g/mol. The number of ether oxygens (including phenoxy) is 1. The SMILES string of the molecule is CCc1ccc(NC(=O)[C@H](C)OC(=O)[C@@H]2CC(=O)N(Cc3ccccc3)C2)cc1. The molecular weight excluding hydrogens is 368 g/mol. The van der Waals surface area contributed by atoms with Gasteiger partial charge in [0.05, 0.1) is 5.92 Å². The highest BCUT2D eigenvalue weighted by atomic mass is 16.5. The summed E-state index contributed by atoms with van der Waals surface area (Å²) < 4.78 is 5.33. The number of likely N-dealkylation sites (tertiary alicyclic amines) is 1. The minimum absolute atomic E-state index is 0.0797. The Morgan fingerprint density at radius 3 is 2.45 bits per heavy atom. The van der Waals surface area contributed by atoms with Crippen LogP contribution in [0.4, 0.5) is 5.69 Å². The molecule has 3 rings (SSSR count). The second-order valence-electron chi connectivity index (χ2n) is 7.28. The topological polar surface area (TPSA) is 75.7 Å². The number of esters is 1. The Hall–Kier alpha value is -3.15. The number of hydrogen-bond acceptors (Lipinski definition) is 4. The van der Waals surface area contributed by atoms with Crippen LogP contribution in [-0.2, 0) is 32.1 Å². The molecule has 1 N–H and O–H groups in total. The molecule has 2 aromatic rings. The van der Waals surface area contributed by atoms with Crippen LogP contribution in [-0.4, -0.2) is 35.3 Å². The van der Waals surface area contributed by atoms with E-state index in [1.165, 1.54) is 12.5 Å². The average Bonchev–Trinajstić information content (AvgIpc) is 3.09. The second kappa shape index (κ2) is 9.37. The normalized spacial score (nSPS) is 17.1. The minimum Gasteiger partial charge on any atom is -0.452 e. The first kappa shape index (κ1) is 20.6. The van der Waals surface area contributed by atoms with Crippen molar-refractivity contribution >= 4 is 23.5 Å². The van der Waals surface area contributed by atoms with E-state index < -0.39 is 23.9 Å². The standard InChI is InChI=1S/C23H26N2O4/c1-3-17-9-11-20(12-10-17)24-22(27)16(2)29-23(28)19-13-21(26)25(15-19)14-18-7-5-4-6-8-18/h4-12,16,19H,3,13-15H2,1-2H3,(H,24,27)/t16-,19+/m0/s1. The number of carbonyl (C=O) groups excluding carboxylic acids is 3. The zero-order valence-corrected chi connectivity index (χ0v) is 16.8. The van der Waals surface area contributed by atoms with Crippen LogP contribution < -0.4 is 5.32 Å². The van der Waals surface area contributed by atoms with Crippen molar-refractivity contribution in [2.24, 2.45) is 5.92 Å². The molecule has 0 radical (unpaired) electrons. The van der Waals surface area contributed by atoms with Gasteiger partial charge >= 0.3 is 5.97 Å². The Kier molecular flexibility index (Phi) is 6.65. The fraction of sp³-hybridized carbons (Fsp3) is 0.348. The summed E-state index contributed by atoms with van der Waals surface area (Å²) in [6.07, 6.45) is 0.0916. The van der Waals surface area contributed by atoms with Crippen LogP contribution >= 0.6 is 0 Å². The molecule has 0 saturated carbocycles. The summed E-state index contributed by atoms with van der Waals surface area (Å²) in [5, 5.41) is 2.75. The van der Waals surface area contributed by atoms with Gasteiger partial charge in [-0.2, -0.15) is 0 Å². The molecule has 0 bridgehead atoms. The van der Waals surface area contributed by atoms with E-state index >= 15 is 0 Å². The summed E-state index contributed by atoms with van der Waals surface area (Å²) in [6, 6.07) is 17.2. The van der Waals surface area contributed by atoms with Crippen molar-refractivity contribution in [2.45, 2.75) is 39.3 Å². The summed E-state index contributed by atoms with van der Waals surface area (Å²) in [7, 11) is 0. The Labute approximate surface area is 170 Å². The van der Waals surface area contributed by atoms with Crippen LogP contribution in [0.15, 0.2) is 54.6 Å². The maximum Gasteiger partial charge on any atom is 0.312 e. The molecule has 1 heterocycles. The van der Waals surface area contributed by atoms with Crippen LogP contribution in [0.25, 0.3) is 0 Å². The number of hydrogen-bond donors (Lipinski definition) is 1. The number of amides is 2. The Morgan fingerprint density at radius 1 is 1.10 bits per heavy atom. The Morgan fingerprint density at radius 2 is 1.79 bits per heavy atom. The van der Waals surface area contributed by atoms with Crippen LogP contribution in [0.5, 0.6) is 0 Å². The molecule has 1 aliphatic rings. The van der Waals surface area contributed by atoms with Crippen LogP contribution in [0.1, 0.15) is 31.4 Å². The first-order chi connectivity index (χ1) is 14.0. The van der Waals surface area contributed by atoms with Crippen molar-refractivity contribution < 1.29 is 19.1 Å². The van der Waals surface area contributed by atoms with Gasteiger partial charge in [0.1, 0.15) is 0 Å². The highest BCUT2D eigenvalue weighted by molar-refractivity contribution is 5.95. The lowest BCUT2D eigenvalue weighted by molar-refractivity contribution is -0.157. The van der Waals surface area contributed by atoms with Gasteiger partial charge in [-0.25, -0.2) is 0 Å². The van der Waals surface area contributed by atoms with Crippen molar-refractivity contribution in [3.8, 4) is 0 Å². The number of carbonyl (C=O) groups is 3. The van der Waals surface area contributed by atoms with Crippen molar-refractivity contribution in [3.63, 3.8) is 0 Å². The zero-order chi connectivity index (χ0) is 20.8. The molecule has 29 heavy (non-hydrogen) atoms. The first-order valence-corrected chi connectivity index (χ1v) is 9.88. The van der Waals surface area contributed by atoms with Gasteiger partial charge in [-0.3, -0.25) is 14.4 Å². The molecule has 0 aliphatic carbocycles. The molecule has 2 atom stereocenters. The lowest BCUT2D eigenvalue weighted by atomic mass is 10.1. The molecule has 0 aromatic heterocycles. The van der Waals surface area contributed by atoms with Crippen molar-refractivity contribution in [2.75, 3.05) is 11.9 Å². The summed E-state index contributed by atoms with van der Waals surface area (Å²) in [5.74, 6) is -1.54. The summed E-state index contributed by atoms with van der Waals surface area (Å²) in [6.45, 7) is 4.36. The Balaban J connectivity index is 1.51. The molecule has 6 nitrogen and oxygen atoms in total. The predicted molar refractivity (Wildman–Crippen MR) is 110 cm³/mol. The molecule has 1 aliphatic heterocycles. The van der Waals surface area contributed by atoms with Gasteiger partial charge in [0.2, 0.25) is 5.91 Å². The van der Waals surface area contributed by atoms with Gasteiger partial charge in [-0.05, 0) is 36.6 Å². The summed E-state index contributed by atoms with van der Waals surface area (Å²) in [4.78, 5) is 38.7. The largest absolute Gasteiger partial charge is 0.452 e. The monoisotopic (exact) mass is 394 g/mol. The summed E-state index contributed by atoms with van der Waals surface area (Å²) in [5.41, 5.74) is 2.84. The molecule has 1 fully saturated rings. The lowest BCUT2D eigenvalue weighted by Crippen LogP contribution is -2.33. The maximum atomic E-state index is 12.5. The molecule has 6 heteroatoms. The molecule has 0 unspecified atom stereocenters. The fourth-order valence-corrected chi connectivity index (χ4v) is 3.28. The molecule has 152 valence electrons. The van der Waals surface area contributed by atoms with Crippen LogP contribution in [0.3, 0.4) is 0 Å². The summed E-state index contributed by atoms with van der Waals surface area (Å²) >= 11 is 0. The zero-order valence-electron chi connectivity index (χ0n) is 16.8. The van der Waals surface area contributed by atoms with Crippen LogP contribution in [0.2, 0.25) is 0 Å². The van der Waals surface area contributed by atoms with Gasteiger partial charge in [-0.15, -0.1) is 0 Å². The van der Waals surface area contributed by atoms with Gasteiger partial charge in [0, 0.05) is 25.2 Å². The molecule has 0 spiro atoms. The highest BCUT2D eigenvalue weighted by Gasteiger charge is 2.36. The number of benzene rings is 2. The third-order valence-electron chi connectivity index (χ3n) is 5.06. The van der Waals surface area contributed by atoms with E-state index in [0.29, 0.717) is 18.8 Å². The number of nitrogens with one attached hydrogen (secondary N) is 1. The number of nitrogens with zero attached hydrogens (tertiary/aromatic N) is 1. The quantitative estimate of drug-likeness (QED) is 0.732. The molecular formula is C23H26N2O4. The van der Waals surface area contributed by atoms with E-state index in [9.17, 15) is 14.4 Å².